The van der Waals surface area contributed by atoms with Gasteiger partial charge < -0.3 is 10.2 Å². The Labute approximate surface area is 159 Å². The minimum atomic E-state index is -1.00. The normalized spacial score (nSPS) is 25.4. The van der Waals surface area contributed by atoms with Gasteiger partial charge in [0.2, 0.25) is 5.91 Å². The fourth-order valence-corrected chi connectivity index (χ4v) is 4.87. The maximum Gasteiger partial charge on any atom is 0.325 e. The molecule has 0 bridgehead atoms. The highest BCUT2D eigenvalue weighted by Crippen LogP contribution is 2.39. The molecule has 1 atom stereocenters. The van der Waals surface area contributed by atoms with E-state index < -0.39 is 11.6 Å². The second-order valence-electron chi connectivity index (χ2n) is 8.03. The molecule has 2 aliphatic carbocycles. The Bertz CT molecular complexity index is 772. The van der Waals surface area contributed by atoms with Gasteiger partial charge in [-0.1, -0.05) is 43.5 Å². The number of carbonyl (C=O) groups excluding carboxylic acids is 3. The maximum absolute atomic E-state index is 13.3. The van der Waals surface area contributed by atoms with E-state index in [1.54, 1.807) is 11.9 Å². The van der Waals surface area contributed by atoms with Gasteiger partial charge in [-0.2, -0.15) is 0 Å². The molecule has 2 fully saturated rings. The van der Waals surface area contributed by atoms with Crippen LogP contribution in [-0.4, -0.2) is 47.3 Å². The summed E-state index contributed by atoms with van der Waals surface area (Å²) in [5, 5.41) is 2.92. The number of nitrogens with one attached hydrogen (secondary N) is 1. The van der Waals surface area contributed by atoms with Gasteiger partial charge >= 0.3 is 6.03 Å². The number of aryl methyl sites for hydroxylation is 1. The van der Waals surface area contributed by atoms with E-state index in [-0.39, 0.29) is 24.4 Å². The van der Waals surface area contributed by atoms with Crippen LogP contribution in [-0.2, 0) is 21.5 Å². The van der Waals surface area contributed by atoms with Gasteiger partial charge in [-0.15, -0.1) is 0 Å². The molecule has 0 unspecified atom stereocenters. The van der Waals surface area contributed by atoms with Crippen molar-refractivity contribution < 1.29 is 14.4 Å². The molecule has 1 aromatic rings. The monoisotopic (exact) mass is 369 g/mol. The maximum atomic E-state index is 13.3. The van der Waals surface area contributed by atoms with Gasteiger partial charge in [0, 0.05) is 13.1 Å². The van der Waals surface area contributed by atoms with Crippen LogP contribution in [0.1, 0.15) is 56.1 Å². The third-order valence-electron chi connectivity index (χ3n) is 6.46. The molecular formula is C21H27N3O3. The van der Waals surface area contributed by atoms with Gasteiger partial charge in [-0.05, 0) is 43.2 Å². The first-order valence-corrected chi connectivity index (χ1v) is 10.0. The first kappa shape index (κ1) is 18.0. The summed E-state index contributed by atoms with van der Waals surface area (Å²) in [4.78, 5) is 41.5. The van der Waals surface area contributed by atoms with E-state index in [0.717, 1.165) is 54.6 Å². The van der Waals surface area contributed by atoms with Crippen molar-refractivity contribution >= 4 is 17.8 Å². The van der Waals surface area contributed by atoms with Crippen LogP contribution >= 0.6 is 0 Å². The Hall–Kier alpha value is -2.37. The highest BCUT2D eigenvalue weighted by atomic mass is 16.2. The number of carbonyl (C=O) groups is 3. The molecule has 1 spiro atoms. The van der Waals surface area contributed by atoms with Gasteiger partial charge in [0.1, 0.15) is 12.1 Å². The first-order chi connectivity index (χ1) is 13.0. The predicted molar refractivity (Wildman–Crippen MR) is 101 cm³/mol. The lowest BCUT2D eigenvalue weighted by Gasteiger charge is -2.34. The number of hydrogen-bond acceptors (Lipinski definition) is 3. The molecule has 1 heterocycles. The number of hydrogen-bond donors (Lipinski definition) is 1. The van der Waals surface area contributed by atoms with Crippen LogP contribution < -0.4 is 5.32 Å². The Morgan fingerprint density at radius 1 is 1.19 bits per heavy atom. The van der Waals surface area contributed by atoms with Crippen LogP contribution in [0.25, 0.3) is 0 Å². The molecule has 144 valence electrons. The summed E-state index contributed by atoms with van der Waals surface area (Å²) >= 11 is 0. The topological polar surface area (TPSA) is 69.7 Å². The van der Waals surface area contributed by atoms with Crippen LogP contribution in [0.15, 0.2) is 24.3 Å². The Morgan fingerprint density at radius 3 is 2.70 bits per heavy atom. The van der Waals surface area contributed by atoms with Gasteiger partial charge in [0.25, 0.3) is 5.91 Å². The van der Waals surface area contributed by atoms with E-state index >= 15 is 0 Å². The second-order valence-corrected chi connectivity index (χ2v) is 8.03. The fourth-order valence-electron chi connectivity index (χ4n) is 4.87. The lowest BCUT2D eigenvalue weighted by atomic mass is 9.76. The number of imide groups is 1. The second kappa shape index (κ2) is 6.98. The molecule has 0 aromatic heterocycles. The zero-order valence-corrected chi connectivity index (χ0v) is 15.9. The fraction of sp³-hybridized carbons (Fsp3) is 0.571. The molecule has 1 aliphatic heterocycles. The number of amides is 4. The van der Waals surface area contributed by atoms with Crippen LogP contribution in [0.5, 0.6) is 0 Å². The summed E-state index contributed by atoms with van der Waals surface area (Å²) in [5.41, 5.74) is 0.977. The third kappa shape index (κ3) is 3.01. The highest BCUT2D eigenvalue weighted by Gasteiger charge is 2.54. The average molecular weight is 369 g/mol. The molecule has 4 amide bonds. The third-order valence-corrected chi connectivity index (χ3v) is 6.46. The number of likely N-dealkylation sites (N-methyl/N-ethyl adjacent to an activating group) is 1. The number of fused-ring (bicyclic) bond motifs is 2. The van der Waals surface area contributed by atoms with Crippen LogP contribution in [0.3, 0.4) is 0 Å². The number of benzene rings is 1. The van der Waals surface area contributed by atoms with Crippen molar-refractivity contribution in [1.82, 2.24) is 15.1 Å². The van der Waals surface area contributed by atoms with E-state index in [0.29, 0.717) is 6.42 Å². The van der Waals surface area contributed by atoms with Crippen LogP contribution in [0.2, 0.25) is 0 Å². The lowest BCUT2D eigenvalue weighted by molar-refractivity contribution is -0.140. The minimum absolute atomic E-state index is 0.161. The summed E-state index contributed by atoms with van der Waals surface area (Å²) in [7, 11) is 1.79. The Kier molecular flexibility index (Phi) is 4.66. The van der Waals surface area contributed by atoms with Crippen molar-refractivity contribution in [2.24, 2.45) is 0 Å². The van der Waals surface area contributed by atoms with Gasteiger partial charge in [0.15, 0.2) is 0 Å². The van der Waals surface area contributed by atoms with E-state index in [4.69, 9.17) is 0 Å². The number of rotatable bonds is 3. The molecule has 1 N–H and O–H groups in total. The smallest absolute Gasteiger partial charge is 0.325 e. The van der Waals surface area contributed by atoms with Crippen molar-refractivity contribution in [2.45, 2.75) is 62.9 Å². The van der Waals surface area contributed by atoms with Crippen molar-refractivity contribution in [2.75, 3.05) is 13.6 Å². The van der Waals surface area contributed by atoms with Gasteiger partial charge in [-0.3, -0.25) is 14.5 Å². The van der Waals surface area contributed by atoms with Crippen LogP contribution in [0.4, 0.5) is 4.79 Å². The molecule has 1 aromatic carbocycles. The first-order valence-electron chi connectivity index (χ1n) is 10.0. The SMILES string of the molecule is CN(C(=O)CN1C(=O)N[C@]2(CCCc3ccccc32)C1=O)C1CCCCC1. The molecule has 6 nitrogen and oxygen atoms in total. The van der Waals surface area contributed by atoms with Crippen molar-refractivity contribution in [3.05, 3.63) is 35.4 Å². The van der Waals surface area contributed by atoms with Gasteiger partial charge in [-0.25, -0.2) is 4.79 Å². The lowest BCUT2D eigenvalue weighted by Crippen LogP contribution is -2.48. The summed E-state index contributed by atoms with van der Waals surface area (Å²) in [6, 6.07) is 7.56. The molecule has 1 saturated heterocycles. The molecule has 4 rings (SSSR count). The van der Waals surface area contributed by atoms with Crippen LogP contribution in [0, 0.1) is 0 Å². The van der Waals surface area contributed by atoms with Crippen molar-refractivity contribution in [1.29, 1.82) is 0 Å². The van der Waals surface area contributed by atoms with E-state index in [9.17, 15) is 14.4 Å². The van der Waals surface area contributed by atoms with E-state index in [2.05, 4.69) is 5.32 Å². The molecule has 3 aliphatic rings. The van der Waals surface area contributed by atoms with Crippen molar-refractivity contribution in [3.8, 4) is 0 Å². The Balaban J connectivity index is 1.53. The molecule has 1 saturated carbocycles. The predicted octanol–water partition coefficient (Wildman–Crippen LogP) is 2.56. The standard InChI is InChI=1S/C21H27N3O3/c1-23(16-10-3-2-4-11-16)18(25)14-24-19(26)21(22-20(24)27)13-7-9-15-8-5-6-12-17(15)21/h5-6,8,12,16H,2-4,7,9-11,13-14H2,1H3,(H,22,27)/t21-/m0/s1. The zero-order valence-electron chi connectivity index (χ0n) is 15.9. The largest absolute Gasteiger partial charge is 0.341 e. The molecular weight excluding hydrogens is 342 g/mol. The minimum Gasteiger partial charge on any atom is -0.341 e. The quantitative estimate of drug-likeness (QED) is 0.833. The number of urea groups is 1. The zero-order chi connectivity index (χ0) is 19.0. The molecule has 27 heavy (non-hydrogen) atoms. The van der Waals surface area contributed by atoms with Crippen molar-refractivity contribution in [3.63, 3.8) is 0 Å². The number of nitrogens with zero attached hydrogens (tertiary/aromatic N) is 2. The Morgan fingerprint density at radius 2 is 1.93 bits per heavy atom. The summed E-state index contributed by atoms with van der Waals surface area (Å²) in [5.74, 6) is -0.448. The summed E-state index contributed by atoms with van der Waals surface area (Å²) in [6.45, 7) is -0.179. The van der Waals surface area contributed by atoms with Gasteiger partial charge in [0.05, 0.1) is 0 Å². The average Bonchev–Trinajstić information content (AvgIpc) is 2.93. The van der Waals surface area contributed by atoms with E-state index in [1.165, 1.54) is 6.42 Å². The highest BCUT2D eigenvalue weighted by molar-refractivity contribution is 6.09. The van der Waals surface area contributed by atoms with E-state index in [1.807, 2.05) is 24.3 Å². The summed E-state index contributed by atoms with van der Waals surface area (Å²) < 4.78 is 0. The molecule has 6 heteroatoms. The summed E-state index contributed by atoms with van der Waals surface area (Å²) in [6.07, 6.45) is 7.80. The molecule has 0 radical (unpaired) electrons.